The van der Waals surface area contributed by atoms with E-state index in [1.165, 1.54) is 18.6 Å². The number of guanidine groups is 1. The van der Waals surface area contributed by atoms with Crippen molar-refractivity contribution in [3.8, 4) is 0 Å². The molecule has 176 valence electrons. The summed E-state index contributed by atoms with van der Waals surface area (Å²) in [6, 6.07) is 6.70. The molecule has 9 nitrogen and oxygen atoms in total. The van der Waals surface area contributed by atoms with Gasteiger partial charge in [0, 0.05) is 24.4 Å². The number of ether oxygens (including phenoxy) is 1. The Hall–Kier alpha value is -2.75. The van der Waals surface area contributed by atoms with E-state index in [0.29, 0.717) is 35.7 Å². The second kappa shape index (κ2) is 10.0. The fraction of sp³-hybridized carbons (Fsp3) is 0.409. The van der Waals surface area contributed by atoms with Crippen molar-refractivity contribution in [3.63, 3.8) is 0 Å². The van der Waals surface area contributed by atoms with Crippen LogP contribution in [0.1, 0.15) is 49.2 Å². The number of aromatic nitrogens is 2. The van der Waals surface area contributed by atoms with Gasteiger partial charge < -0.3 is 15.8 Å². The van der Waals surface area contributed by atoms with E-state index in [4.69, 9.17) is 27.1 Å². The van der Waals surface area contributed by atoms with Gasteiger partial charge in [0.15, 0.2) is 5.96 Å². The van der Waals surface area contributed by atoms with Gasteiger partial charge in [0.1, 0.15) is 12.0 Å². The summed E-state index contributed by atoms with van der Waals surface area (Å²) in [6.45, 7) is 4.39. The summed E-state index contributed by atoms with van der Waals surface area (Å²) in [5, 5.41) is 3.06. The Bertz CT molecular complexity index is 1070. The number of nitrogens with two attached hydrogens (primary N) is 1. The molecular formula is C22H26Cl2N6O3. The number of halogens is 2. The van der Waals surface area contributed by atoms with E-state index in [-0.39, 0.29) is 48.5 Å². The maximum Gasteiger partial charge on any atom is 0.274 e. The molecule has 11 heteroatoms. The highest BCUT2D eigenvalue weighted by atomic mass is 35.5. The average Bonchev–Trinajstić information content (AvgIpc) is 2.75. The number of nitrogens with one attached hydrogen (secondary N) is 1. The fourth-order valence-corrected chi connectivity index (χ4v) is 4.64. The van der Waals surface area contributed by atoms with Crippen molar-refractivity contribution < 1.29 is 14.3 Å². The summed E-state index contributed by atoms with van der Waals surface area (Å²) >= 11 is 6.66. The van der Waals surface area contributed by atoms with Crippen molar-refractivity contribution in [1.82, 2.24) is 14.9 Å². The van der Waals surface area contributed by atoms with Gasteiger partial charge in [-0.2, -0.15) is 0 Å². The Morgan fingerprint density at radius 1 is 1.36 bits per heavy atom. The number of anilines is 1. The lowest BCUT2D eigenvalue weighted by Crippen LogP contribution is -2.56. The molecule has 2 amide bonds. The van der Waals surface area contributed by atoms with Gasteiger partial charge in [-0.15, -0.1) is 12.4 Å². The standard InChI is InChI=1S/C22H25ClN6O3.ClH/c1-13-10-14(7-9-32-13)29-18(30)11-22(2,28-21(29)24)15-4-3-5-16(19(15)23)27-20(31)17-6-8-25-12-26-17;/h3-6,8,12-14H,7,9-11H2,1-2H3,(H2,24,28)(H,27,31);1H/t13-,14-,22+;/m1./s1. The van der Waals surface area contributed by atoms with Crippen LogP contribution < -0.4 is 11.1 Å². The SMILES string of the molecule is C[C@@H]1C[C@H](N2C(=O)C[C@@](C)(c3cccc(NC(=O)c4ccncn4)c3Cl)N=C2N)CCO1.Cl. The maximum atomic E-state index is 13.2. The first-order valence-corrected chi connectivity index (χ1v) is 10.8. The molecular weight excluding hydrogens is 467 g/mol. The first-order valence-electron chi connectivity index (χ1n) is 10.4. The predicted octanol–water partition coefficient (Wildman–Crippen LogP) is 3.13. The van der Waals surface area contributed by atoms with Crippen LogP contribution in [0.3, 0.4) is 0 Å². The second-order valence-electron chi connectivity index (χ2n) is 8.26. The molecule has 0 aliphatic carbocycles. The minimum absolute atomic E-state index is 0. The van der Waals surface area contributed by atoms with Gasteiger partial charge in [0.2, 0.25) is 5.91 Å². The smallest absolute Gasteiger partial charge is 0.274 e. The number of carbonyl (C=O) groups is 2. The minimum Gasteiger partial charge on any atom is -0.378 e. The Morgan fingerprint density at radius 2 is 2.15 bits per heavy atom. The molecule has 0 radical (unpaired) electrons. The number of rotatable bonds is 4. The zero-order chi connectivity index (χ0) is 22.9. The van der Waals surface area contributed by atoms with Gasteiger partial charge in [-0.1, -0.05) is 23.7 Å². The first-order chi connectivity index (χ1) is 15.3. The zero-order valence-electron chi connectivity index (χ0n) is 18.3. The summed E-state index contributed by atoms with van der Waals surface area (Å²) in [7, 11) is 0. The molecule has 0 bridgehead atoms. The van der Waals surface area contributed by atoms with Gasteiger partial charge in [-0.25, -0.2) is 15.0 Å². The molecule has 1 saturated heterocycles. The first kappa shape index (κ1) is 24.9. The van der Waals surface area contributed by atoms with E-state index < -0.39 is 11.4 Å². The highest BCUT2D eigenvalue weighted by molar-refractivity contribution is 6.34. The van der Waals surface area contributed by atoms with Crippen LogP contribution >= 0.6 is 24.0 Å². The van der Waals surface area contributed by atoms with Crippen molar-refractivity contribution in [3.05, 3.63) is 53.1 Å². The Labute approximate surface area is 203 Å². The monoisotopic (exact) mass is 492 g/mol. The molecule has 4 rings (SSSR count). The van der Waals surface area contributed by atoms with Crippen LogP contribution in [0.15, 0.2) is 41.8 Å². The Morgan fingerprint density at radius 3 is 2.82 bits per heavy atom. The third-order valence-corrected chi connectivity index (χ3v) is 6.24. The fourth-order valence-electron chi connectivity index (χ4n) is 4.26. The highest BCUT2D eigenvalue weighted by Gasteiger charge is 2.42. The summed E-state index contributed by atoms with van der Waals surface area (Å²) < 4.78 is 5.59. The minimum atomic E-state index is -0.957. The lowest BCUT2D eigenvalue weighted by molar-refractivity contribution is -0.133. The number of hydrogen-bond donors (Lipinski definition) is 2. The van der Waals surface area contributed by atoms with Crippen molar-refractivity contribution in [2.75, 3.05) is 11.9 Å². The molecule has 3 atom stereocenters. The zero-order valence-corrected chi connectivity index (χ0v) is 19.9. The van der Waals surface area contributed by atoms with E-state index in [1.54, 1.807) is 23.1 Å². The normalized spacial score (nSPS) is 25.1. The largest absolute Gasteiger partial charge is 0.378 e. The molecule has 2 aliphatic rings. The third kappa shape index (κ3) is 5.10. The van der Waals surface area contributed by atoms with Gasteiger partial charge in [0.25, 0.3) is 5.91 Å². The topological polar surface area (TPSA) is 123 Å². The van der Waals surface area contributed by atoms with Crippen molar-refractivity contribution in [1.29, 1.82) is 0 Å². The van der Waals surface area contributed by atoms with E-state index in [9.17, 15) is 9.59 Å². The Kier molecular flexibility index (Phi) is 7.56. The lowest BCUT2D eigenvalue weighted by Gasteiger charge is -2.41. The molecule has 1 aromatic carbocycles. The van der Waals surface area contributed by atoms with Crippen LogP contribution in [-0.2, 0) is 15.1 Å². The summed E-state index contributed by atoms with van der Waals surface area (Å²) in [5.74, 6) is -0.348. The predicted molar refractivity (Wildman–Crippen MR) is 128 cm³/mol. The maximum absolute atomic E-state index is 13.2. The molecule has 2 aromatic rings. The number of amides is 2. The summed E-state index contributed by atoms with van der Waals surface area (Å²) in [4.78, 5) is 39.7. The van der Waals surface area contributed by atoms with Crippen LogP contribution in [0.25, 0.3) is 0 Å². The van der Waals surface area contributed by atoms with Crippen LogP contribution in [0.5, 0.6) is 0 Å². The average molecular weight is 493 g/mol. The van der Waals surface area contributed by atoms with Crippen LogP contribution in [0.4, 0.5) is 5.69 Å². The molecule has 3 N–H and O–H groups in total. The molecule has 33 heavy (non-hydrogen) atoms. The third-order valence-electron chi connectivity index (χ3n) is 5.84. The number of aliphatic imine (C=N–C) groups is 1. The van der Waals surface area contributed by atoms with Crippen LogP contribution in [0.2, 0.25) is 5.02 Å². The van der Waals surface area contributed by atoms with Crippen molar-refractivity contribution in [2.24, 2.45) is 10.7 Å². The van der Waals surface area contributed by atoms with Gasteiger partial charge in [0.05, 0.1) is 28.8 Å². The van der Waals surface area contributed by atoms with Crippen molar-refractivity contribution in [2.45, 2.75) is 50.8 Å². The molecule has 2 aliphatic heterocycles. The van der Waals surface area contributed by atoms with E-state index in [2.05, 4.69) is 15.3 Å². The quantitative estimate of drug-likeness (QED) is 0.675. The van der Waals surface area contributed by atoms with E-state index >= 15 is 0 Å². The summed E-state index contributed by atoms with van der Waals surface area (Å²) in [6.07, 6.45) is 4.38. The molecule has 1 fully saturated rings. The van der Waals surface area contributed by atoms with E-state index in [0.717, 1.165) is 0 Å². The molecule has 3 heterocycles. The van der Waals surface area contributed by atoms with Crippen LogP contribution in [0, 0.1) is 0 Å². The van der Waals surface area contributed by atoms with Crippen LogP contribution in [-0.4, -0.2) is 51.4 Å². The number of carbonyl (C=O) groups excluding carboxylic acids is 2. The highest BCUT2D eigenvalue weighted by Crippen LogP contribution is 2.41. The molecule has 0 saturated carbocycles. The van der Waals surface area contributed by atoms with Gasteiger partial charge in [-0.05, 0) is 38.8 Å². The molecule has 0 spiro atoms. The number of benzene rings is 1. The Balaban J connectivity index is 0.00000306. The summed E-state index contributed by atoms with van der Waals surface area (Å²) in [5.41, 5.74) is 6.55. The van der Waals surface area contributed by atoms with Gasteiger partial charge >= 0.3 is 0 Å². The van der Waals surface area contributed by atoms with E-state index in [1.807, 2.05) is 13.8 Å². The lowest BCUT2D eigenvalue weighted by atomic mass is 9.86. The second-order valence-corrected chi connectivity index (χ2v) is 8.64. The number of hydrogen-bond acceptors (Lipinski definition) is 7. The van der Waals surface area contributed by atoms with Crippen molar-refractivity contribution >= 4 is 47.5 Å². The van der Waals surface area contributed by atoms with Gasteiger partial charge in [-0.3, -0.25) is 14.5 Å². The number of nitrogens with zero attached hydrogens (tertiary/aromatic N) is 4. The molecule has 1 aromatic heterocycles. The molecule has 0 unspecified atom stereocenters.